The van der Waals surface area contributed by atoms with Crippen molar-refractivity contribution in [1.82, 2.24) is 14.7 Å². The summed E-state index contributed by atoms with van der Waals surface area (Å²) in [6.45, 7) is 0.909. The number of carbonyl (C=O) groups is 1. The van der Waals surface area contributed by atoms with Gasteiger partial charge in [0.25, 0.3) is 5.91 Å². The van der Waals surface area contributed by atoms with Gasteiger partial charge >= 0.3 is 6.18 Å². The van der Waals surface area contributed by atoms with Crippen LogP contribution in [0.3, 0.4) is 0 Å². The Labute approximate surface area is 196 Å². The van der Waals surface area contributed by atoms with E-state index in [2.05, 4.69) is 20.3 Å². The average Bonchev–Trinajstić information content (AvgIpc) is 3.12. The first-order chi connectivity index (χ1) is 16.6. The number of pyridine rings is 1. The molecule has 0 saturated carbocycles. The minimum atomic E-state index is -4.34. The molecule has 0 aliphatic rings. The van der Waals surface area contributed by atoms with E-state index in [0.717, 1.165) is 12.1 Å². The smallest absolute Gasteiger partial charge is 0.389 e. The highest BCUT2D eigenvalue weighted by molar-refractivity contribution is 5.95. The Bertz CT molecular complexity index is 1230. The topological polar surface area (TPSA) is 104 Å². The molecule has 0 saturated heterocycles. The van der Waals surface area contributed by atoms with Gasteiger partial charge in [0.2, 0.25) is 0 Å². The van der Waals surface area contributed by atoms with Crippen molar-refractivity contribution in [2.75, 3.05) is 6.54 Å². The molecule has 1 amide bonds. The summed E-state index contributed by atoms with van der Waals surface area (Å²) in [6, 6.07) is 5.67. The Balaban J connectivity index is 1.81. The van der Waals surface area contributed by atoms with E-state index < -0.39 is 42.8 Å². The Morgan fingerprint density at radius 1 is 1.26 bits per heavy atom. The second kappa shape index (κ2) is 11.0. The molecule has 8 nitrogen and oxygen atoms in total. The van der Waals surface area contributed by atoms with Gasteiger partial charge < -0.3 is 10.1 Å². The van der Waals surface area contributed by atoms with E-state index in [-0.39, 0.29) is 47.7 Å². The summed E-state index contributed by atoms with van der Waals surface area (Å²) in [5.74, 6) is -2.02. The number of hydrogen-bond acceptors (Lipinski definition) is 4. The number of carbonyl (C=O) groups excluding carboxylic acids is 1. The van der Waals surface area contributed by atoms with Gasteiger partial charge in [0.15, 0.2) is 11.4 Å². The predicted molar refractivity (Wildman–Crippen MR) is 116 cm³/mol. The molecule has 1 atom stereocenters. The molecule has 2 heterocycles. The lowest BCUT2D eigenvalue weighted by atomic mass is 10.1. The summed E-state index contributed by atoms with van der Waals surface area (Å²) >= 11 is 0. The number of halogens is 5. The number of rotatable bonds is 10. The van der Waals surface area contributed by atoms with Gasteiger partial charge in [-0.05, 0) is 49.6 Å². The van der Waals surface area contributed by atoms with E-state index in [9.17, 15) is 26.7 Å². The number of aryl methyl sites for hydroxylation is 1. The molecule has 1 N–H and O–H groups in total. The molecule has 0 aliphatic heterocycles. The van der Waals surface area contributed by atoms with Crippen LogP contribution in [0.1, 0.15) is 41.0 Å². The highest BCUT2D eigenvalue weighted by Gasteiger charge is 2.27. The molecule has 186 valence electrons. The van der Waals surface area contributed by atoms with Crippen molar-refractivity contribution in [3.63, 3.8) is 0 Å². The van der Waals surface area contributed by atoms with Gasteiger partial charge in [0.05, 0.1) is 11.3 Å². The van der Waals surface area contributed by atoms with Crippen LogP contribution in [0.5, 0.6) is 5.75 Å². The largest absolute Gasteiger partial charge is 0.485 e. The number of amides is 1. The fourth-order valence-electron chi connectivity index (χ4n) is 3.51. The zero-order valence-corrected chi connectivity index (χ0v) is 18.5. The molecule has 35 heavy (non-hydrogen) atoms. The van der Waals surface area contributed by atoms with Crippen molar-refractivity contribution >= 4 is 11.6 Å². The maximum Gasteiger partial charge on any atom is 0.389 e. The first kappa shape index (κ1) is 25.8. The maximum absolute atomic E-state index is 13.9. The predicted octanol–water partition coefficient (Wildman–Crippen LogP) is 5.64. The number of imidazole rings is 1. The maximum atomic E-state index is 13.9. The molecule has 0 spiro atoms. The molecule has 0 fully saturated rings. The standard InChI is InChI=1S/C22H21F5N6O2/c1-13-19(21(34)31-14(11-29-32-28)5-3-9-22(25,26)27)33-10-4-8-18(20(33)30-13)35-12-15-16(23)6-2-7-17(15)24/h2,4,6-8,10,14H,3,5,9,11-12H2,1H3,(H,31,34). The zero-order valence-electron chi connectivity index (χ0n) is 18.5. The van der Waals surface area contributed by atoms with Crippen LogP contribution in [0.2, 0.25) is 0 Å². The van der Waals surface area contributed by atoms with E-state index in [4.69, 9.17) is 10.3 Å². The molecule has 1 unspecified atom stereocenters. The third-order valence-corrected chi connectivity index (χ3v) is 5.15. The second-order valence-electron chi connectivity index (χ2n) is 7.69. The molecular formula is C22H21F5N6O2. The molecule has 0 aliphatic carbocycles. The lowest BCUT2D eigenvalue weighted by molar-refractivity contribution is -0.135. The Kier molecular flexibility index (Phi) is 8.13. The molecule has 3 aromatic rings. The van der Waals surface area contributed by atoms with Crippen LogP contribution in [0, 0.1) is 18.6 Å². The first-order valence-electron chi connectivity index (χ1n) is 10.5. The minimum absolute atomic E-state index is 0.0530. The summed E-state index contributed by atoms with van der Waals surface area (Å²) < 4.78 is 72.3. The fourth-order valence-corrected chi connectivity index (χ4v) is 3.51. The van der Waals surface area contributed by atoms with Gasteiger partial charge in [-0.3, -0.25) is 9.20 Å². The molecule has 2 aromatic heterocycles. The van der Waals surface area contributed by atoms with Crippen LogP contribution >= 0.6 is 0 Å². The second-order valence-corrected chi connectivity index (χ2v) is 7.69. The number of hydrogen-bond donors (Lipinski definition) is 1. The first-order valence-corrected chi connectivity index (χ1v) is 10.5. The van der Waals surface area contributed by atoms with E-state index in [1.54, 1.807) is 13.0 Å². The van der Waals surface area contributed by atoms with Crippen molar-refractivity contribution in [3.8, 4) is 5.75 Å². The number of alkyl halides is 3. The highest BCUT2D eigenvalue weighted by Crippen LogP contribution is 2.25. The quantitative estimate of drug-likeness (QED) is 0.170. The third-order valence-electron chi connectivity index (χ3n) is 5.15. The lowest BCUT2D eigenvalue weighted by Crippen LogP contribution is -2.38. The van der Waals surface area contributed by atoms with Gasteiger partial charge in [-0.25, -0.2) is 13.8 Å². The third kappa shape index (κ3) is 6.60. The van der Waals surface area contributed by atoms with Crippen LogP contribution < -0.4 is 10.1 Å². The van der Waals surface area contributed by atoms with Crippen LogP contribution in [0.25, 0.3) is 16.1 Å². The van der Waals surface area contributed by atoms with Crippen molar-refractivity contribution in [3.05, 3.63) is 75.6 Å². The summed E-state index contributed by atoms with van der Waals surface area (Å²) in [5.41, 5.74) is 8.87. The summed E-state index contributed by atoms with van der Waals surface area (Å²) in [7, 11) is 0. The Hall–Kier alpha value is -3.86. The average molecular weight is 496 g/mol. The number of aromatic nitrogens is 2. The SMILES string of the molecule is Cc1nc2c(OCc3c(F)cccc3F)cccn2c1C(=O)NC(CCCC(F)(F)F)CN=[N+]=[N-]. The fraction of sp³-hybridized carbons (Fsp3) is 0.364. The van der Waals surface area contributed by atoms with Gasteiger partial charge in [-0.1, -0.05) is 11.2 Å². The molecule has 13 heteroatoms. The number of ether oxygens (including phenoxy) is 1. The summed E-state index contributed by atoms with van der Waals surface area (Å²) in [5, 5.41) is 5.96. The minimum Gasteiger partial charge on any atom is -0.485 e. The van der Waals surface area contributed by atoms with Crippen molar-refractivity contribution in [2.24, 2.45) is 5.11 Å². The lowest BCUT2D eigenvalue weighted by Gasteiger charge is -2.17. The Morgan fingerprint density at radius 2 is 1.97 bits per heavy atom. The molecule has 3 rings (SSSR count). The summed E-state index contributed by atoms with van der Waals surface area (Å²) in [4.78, 5) is 19.9. The number of nitrogens with one attached hydrogen (secondary N) is 1. The van der Waals surface area contributed by atoms with Gasteiger partial charge in [-0.15, -0.1) is 0 Å². The van der Waals surface area contributed by atoms with Crippen LogP contribution in [0.4, 0.5) is 22.0 Å². The van der Waals surface area contributed by atoms with Gasteiger partial charge in [-0.2, -0.15) is 13.2 Å². The molecular weight excluding hydrogens is 475 g/mol. The number of nitrogens with zero attached hydrogens (tertiary/aromatic N) is 5. The number of benzene rings is 1. The van der Waals surface area contributed by atoms with Crippen molar-refractivity contribution in [1.29, 1.82) is 0 Å². The molecule has 0 bridgehead atoms. The van der Waals surface area contributed by atoms with Gasteiger partial charge in [0.1, 0.15) is 23.9 Å². The van der Waals surface area contributed by atoms with Crippen LogP contribution in [-0.2, 0) is 6.61 Å². The van der Waals surface area contributed by atoms with Crippen LogP contribution in [-0.4, -0.2) is 34.1 Å². The van der Waals surface area contributed by atoms with Crippen LogP contribution in [0.15, 0.2) is 41.6 Å². The molecule has 0 radical (unpaired) electrons. The van der Waals surface area contributed by atoms with E-state index in [1.807, 2.05) is 0 Å². The van der Waals surface area contributed by atoms with E-state index >= 15 is 0 Å². The van der Waals surface area contributed by atoms with Crippen molar-refractivity contribution < 1.29 is 31.5 Å². The van der Waals surface area contributed by atoms with E-state index in [0.29, 0.717) is 0 Å². The number of azide groups is 1. The molecule has 1 aromatic carbocycles. The normalized spacial score (nSPS) is 12.3. The summed E-state index contributed by atoms with van der Waals surface area (Å²) in [6.07, 6.45) is -4.16. The number of fused-ring (bicyclic) bond motifs is 1. The van der Waals surface area contributed by atoms with E-state index in [1.165, 1.54) is 22.7 Å². The van der Waals surface area contributed by atoms with Crippen molar-refractivity contribution in [2.45, 2.75) is 45.0 Å². The Morgan fingerprint density at radius 3 is 2.63 bits per heavy atom. The monoisotopic (exact) mass is 496 g/mol. The zero-order chi connectivity index (χ0) is 25.6. The highest BCUT2D eigenvalue weighted by atomic mass is 19.4. The van der Waals surface area contributed by atoms with Gasteiger partial charge in [0, 0.05) is 30.1 Å².